The van der Waals surface area contributed by atoms with Gasteiger partial charge in [-0.1, -0.05) is 17.7 Å². The SMILES string of the molecule is Cc1ccc(S(=O)(=O)ON=C(C(=O)OC(C)(C)C)C(=O)OC(C)(C)C)cc1. The summed E-state index contributed by atoms with van der Waals surface area (Å²) in [6, 6.07) is 5.78. The molecule has 0 saturated carbocycles. The molecule has 0 aromatic heterocycles. The summed E-state index contributed by atoms with van der Waals surface area (Å²) in [6.45, 7) is 11.3. The van der Waals surface area contributed by atoms with Gasteiger partial charge in [-0.05, 0) is 65.8 Å². The van der Waals surface area contributed by atoms with Gasteiger partial charge in [0.25, 0.3) is 5.71 Å². The van der Waals surface area contributed by atoms with E-state index in [1.807, 2.05) is 0 Å². The van der Waals surface area contributed by atoms with Crippen LogP contribution in [0.1, 0.15) is 47.1 Å². The molecule has 0 amide bonds. The highest BCUT2D eigenvalue weighted by Gasteiger charge is 2.32. The first-order valence-electron chi connectivity index (χ1n) is 8.16. The molecule has 0 aliphatic rings. The molecule has 1 aromatic carbocycles. The number of oxime groups is 1. The molecule has 0 spiro atoms. The van der Waals surface area contributed by atoms with Crippen LogP contribution in [0.2, 0.25) is 0 Å². The number of hydrogen-bond donors (Lipinski definition) is 0. The maximum atomic E-state index is 12.3. The molecule has 1 aromatic rings. The topological polar surface area (TPSA) is 108 Å². The van der Waals surface area contributed by atoms with Gasteiger partial charge in [0.1, 0.15) is 16.1 Å². The fraction of sp³-hybridized carbons (Fsp3) is 0.500. The summed E-state index contributed by atoms with van der Waals surface area (Å²) < 4.78 is 39.2. The summed E-state index contributed by atoms with van der Waals surface area (Å²) in [7, 11) is -4.33. The zero-order chi connectivity index (χ0) is 21.0. The Balaban J connectivity index is 3.19. The fourth-order valence-corrected chi connectivity index (χ4v) is 2.37. The summed E-state index contributed by atoms with van der Waals surface area (Å²) in [6.07, 6.45) is 0. The van der Waals surface area contributed by atoms with Crippen molar-refractivity contribution in [2.24, 2.45) is 5.16 Å². The Morgan fingerprint density at radius 1 is 0.852 bits per heavy atom. The van der Waals surface area contributed by atoms with E-state index in [-0.39, 0.29) is 4.90 Å². The van der Waals surface area contributed by atoms with Crippen molar-refractivity contribution in [1.82, 2.24) is 0 Å². The Bertz CT molecular complexity index is 796. The second kappa shape index (κ2) is 8.08. The summed E-state index contributed by atoms with van der Waals surface area (Å²) in [5, 5.41) is 3.24. The van der Waals surface area contributed by atoms with Crippen LogP contribution in [0.25, 0.3) is 0 Å². The Kier molecular flexibility index (Phi) is 6.77. The summed E-state index contributed by atoms with van der Waals surface area (Å²) in [5.74, 6) is -2.31. The normalized spacial score (nSPS) is 12.1. The Labute approximate surface area is 159 Å². The van der Waals surface area contributed by atoms with E-state index < -0.39 is 39.0 Å². The molecule has 1 rings (SSSR count). The summed E-state index contributed by atoms with van der Waals surface area (Å²) in [5.41, 5.74) is -1.93. The maximum absolute atomic E-state index is 12.3. The van der Waals surface area contributed by atoms with Gasteiger partial charge in [-0.25, -0.2) is 9.59 Å². The number of esters is 2. The molecular weight excluding hydrogens is 374 g/mol. The van der Waals surface area contributed by atoms with Crippen LogP contribution in [-0.4, -0.2) is 37.3 Å². The van der Waals surface area contributed by atoms with Gasteiger partial charge in [-0.15, -0.1) is 0 Å². The van der Waals surface area contributed by atoms with Crippen LogP contribution in [0.4, 0.5) is 0 Å². The summed E-state index contributed by atoms with van der Waals surface area (Å²) in [4.78, 5) is 24.3. The molecule has 8 nitrogen and oxygen atoms in total. The highest BCUT2D eigenvalue weighted by Crippen LogP contribution is 2.15. The van der Waals surface area contributed by atoms with Gasteiger partial charge in [0, 0.05) is 0 Å². The van der Waals surface area contributed by atoms with Crippen molar-refractivity contribution in [2.45, 2.75) is 64.6 Å². The average molecular weight is 399 g/mol. The van der Waals surface area contributed by atoms with E-state index >= 15 is 0 Å². The van der Waals surface area contributed by atoms with Crippen LogP contribution >= 0.6 is 0 Å². The van der Waals surface area contributed by atoms with Crippen LogP contribution in [0.3, 0.4) is 0 Å². The zero-order valence-electron chi connectivity index (χ0n) is 16.5. The molecule has 0 N–H and O–H groups in total. The predicted octanol–water partition coefficient (Wildman–Crippen LogP) is 2.74. The van der Waals surface area contributed by atoms with E-state index in [1.165, 1.54) is 12.1 Å². The molecule has 0 aliphatic heterocycles. The zero-order valence-corrected chi connectivity index (χ0v) is 17.3. The van der Waals surface area contributed by atoms with Gasteiger partial charge in [0.15, 0.2) is 0 Å². The van der Waals surface area contributed by atoms with E-state index in [4.69, 9.17) is 9.47 Å². The highest BCUT2D eigenvalue weighted by molar-refractivity contribution is 7.86. The number of carbonyl (C=O) groups excluding carboxylic acids is 2. The van der Waals surface area contributed by atoms with E-state index in [9.17, 15) is 18.0 Å². The van der Waals surface area contributed by atoms with Gasteiger partial charge < -0.3 is 9.47 Å². The van der Waals surface area contributed by atoms with Crippen molar-refractivity contribution in [3.8, 4) is 0 Å². The molecule has 27 heavy (non-hydrogen) atoms. The number of rotatable bonds is 5. The molecule has 0 saturated heterocycles. The van der Waals surface area contributed by atoms with Crippen molar-refractivity contribution in [3.63, 3.8) is 0 Å². The lowest BCUT2D eigenvalue weighted by atomic mass is 10.2. The third kappa shape index (κ3) is 7.78. The molecule has 150 valence electrons. The first-order chi connectivity index (χ1) is 12.1. The average Bonchev–Trinajstić information content (AvgIpc) is 2.43. The quantitative estimate of drug-likeness (QED) is 0.324. The molecule has 0 bridgehead atoms. The molecule has 0 unspecified atom stereocenters. The fourth-order valence-electron chi connectivity index (χ4n) is 1.65. The first kappa shape index (κ1) is 22.6. The lowest BCUT2D eigenvalue weighted by Gasteiger charge is -2.22. The standard InChI is InChI=1S/C18H25NO7S/c1-12-8-10-13(11-9-12)27(22,23)26-19-14(15(20)24-17(2,3)4)16(21)25-18(5,6)7/h8-11H,1-7H3. The van der Waals surface area contributed by atoms with Gasteiger partial charge in [-0.2, -0.15) is 8.42 Å². The smallest absolute Gasteiger partial charge is 0.368 e. The van der Waals surface area contributed by atoms with E-state index in [0.29, 0.717) is 0 Å². The van der Waals surface area contributed by atoms with Crippen LogP contribution in [-0.2, 0) is 33.5 Å². The number of ether oxygens (including phenoxy) is 2. The number of benzene rings is 1. The summed E-state index contributed by atoms with van der Waals surface area (Å²) >= 11 is 0. The Hall–Kier alpha value is -2.42. The Morgan fingerprint density at radius 2 is 1.26 bits per heavy atom. The molecule has 0 atom stereocenters. The predicted molar refractivity (Wildman–Crippen MR) is 98.6 cm³/mol. The van der Waals surface area contributed by atoms with Gasteiger partial charge >= 0.3 is 22.1 Å². The maximum Gasteiger partial charge on any atom is 0.368 e. The van der Waals surface area contributed by atoms with E-state index in [1.54, 1.807) is 60.6 Å². The largest absolute Gasteiger partial charge is 0.455 e. The Morgan fingerprint density at radius 3 is 1.63 bits per heavy atom. The van der Waals surface area contributed by atoms with Crippen molar-refractivity contribution < 1.29 is 31.8 Å². The number of nitrogens with zero attached hydrogens (tertiary/aromatic N) is 1. The number of carbonyl (C=O) groups is 2. The number of hydrogen-bond acceptors (Lipinski definition) is 8. The molecule has 0 fully saturated rings. The molecule has 0 radical (unpaired) electrons. The third-order valence-electron chi connectivity index (χ3n) is 2.72. The van der Waals surface area contributed by atoms with Crippen molar-refractivity contribution in [1.29, 1.82) is 0 Å². The second-order valence-electron chi connectivity index (χ2n) is 7.79. The van der Waals surface area contributed by atoms with Crippen LogP contribution < -0.4 is 0 Å². The van der Waals surface area contributed by atoms with Crippen molar-refractivity contribution in [3.05, 3.63) is 29.8 Å². The highest BCUT2D eigenvalue weighted by atomic mass is 32.2. The third-order valence-corrected chi connectivity index (χ3v) is 3.84. The van der Waals surface area contributed by atoms with Crippen LogP contribution in [0.5, 0.6) is 0 Å². The van der Waals surface area contributed by atoms with Gasteiger partial charge in [0.2, 0.25) is 0 Å². The monoisotopic (exact) mass is 399 g/mol. The van der Waals surface area contributed by atoms with Gasteiger partial charge in [0.05, 0.1) is 0 Å². The molecule has 0 heterocycles. The second-order valence-corrected chi connectivity index (χ2v) is 9.31. The lowest BCUT2D eigenvalue weighted by Crippen LogP contribution is -2.37. The van der Waals surface area contributed by atoms with Crippen molar-refractivity contribution >= 4 is 27.8 Å². The first-order valence-corrected chi connectivity index (χ1v) is 9.56. The van der Waals surface area contributed by atoms with E-state index in [2.05, 4.69) is 9.44 Å². The minimum absolute atomic E-state index is 0.176. The van der Waals surface area contributed by atoms with Crippen molar-refractivity contribution in [2.75, 3.05) is 0 Å². The minimum Gasteiger partial charge on any atom is -0.455 e. The van der Waals surface area contributed by atoms with Crippen LogP contribution in [0, 0.1) is 6.92 Å². The molecule has 0 aliphatic carbocycles. The van der Waals surface area contributed by atoms with Crippen LogP contribution in [0.15, 0.2) is 34.3 Å². The molecule has 9 heteroatoms. The van der Waals surface area contributed by atoms with E-state index in [0.717, 1.165) is 5.56 Å². The minimum atomic E-state index is -4.33. The lowest BCUT2D eigenvalue weighted by molar-refractivity contribution is -0.152. The molecular formula is C18H25NO7S. The van der Waals surface area contributed by atoms with Gasteiger partial charge in [-0.3, -0.25) is 4.28 Å². The number of aryl methyl sites for hydroxylation is 1.